The highest BCUT2D eigenvalue weighted by atomic mass is 32.2. The van der Waals surface area contributed by atoms with Gasteiger partial charge in [0.1, 0.15) is 0 Å². The molecule has 0 radical (unpaired) electrons. The molecule has 0 aliphatic rings. The first-order valence-electron chi connectivity index (χ1n) is 7.59. The largest absolute Gasteiger partial charge is 0.494 e. The molecule has 0 bridgehead atoms. The lowest BCUT2D eigenvalue weighted by atomic mass is 9.97. The summed E-state index contributed by atoms with van der Waals surface area (Å²) in [7, 11) is -2.51. The van der Waals surface area contributed by atoms with Gasteiger partial charge in [0, 0.05) is 6.04 Å². The Bertz CT molecular complexity index is 863. The Kier molecular flexibility index (Phi) is 5.30. The van der Waals surface area contributed by atoms with Crippen LogP contribution in [0.4, 0.5) is 4.39 Å². The van der Waals surface area contributed by atoms with Gasteiger partial charge in [0.05, 0.1) is 12.0 Å². The van der Waals surface area contributed by atoms with E-state index in [1.165, 1.54) is 19.2 Å². The van der Waals surface area contributed by atoms with Crippen LogP contribution in [0.25, 0.3) is 0 Å². The molecular weight excluding hydrogens is 329 g/mol. The fourth-order valence-electron chi connectivity index (χ4n) is 2.63. The molecule has 2 rings (SSSR count). The molecule has 1 atom stereocenters. The Morgan fingerprint density at radius 3 is 2.25 bits per heavy atom. The Morgan fingerprint density at radius 1 is 1.04 bits per heavy atom. The molecule has 0 amide bonds. The van der Waals surface area contributed by atoms with Crippen LogP contribution in [0.3, 0.4) is 0 Å². The molecule has 0 aliphatic carbocycles. The molecule has 0 aromatic heterocycles. The van der Waals surface area contributed by atoms with Crippen molar-refractivity contribution in [3.63, 3.8) is 0 Å². The molecule has 0 saturated carbocycles. The van der Waals surface area contributed by atoms with E-state index >= 15 is 0 Å². The van der Waals surface area contributed by atoms with Gasteiger partial charge in [0.2, 0.25) is 10.0 Å². The van der Waals surface area contributed by atoms with Crippen LogP contribution in [0.15, 0.2) is 35.2 Å². The molecule has 0 aliphatic heterocycles. The first-order valence-corrected chi connectivity index (χ1v) is 9.07. The Labute approximate surface area is 142 Å². The van der Waals surface area contributed by atoms with Gasteiger partial charge in [0.25, 0.3) is 0 Å². The zero-order valence-electron chi connectivity index (χ0n) is 14.5. The van der Waals surface area contributed by atoms with E-state index in [1.807, 2.05) is 32.9 Å². The van der Waals surface area contributed by atoms with Gasteiger partial charge in [-0.25, -0.2) is 17.5 Å². The van der Waals surface area contributed by atoms with Crippen LogP contribution in [0, 0.1) is 26.6 Å². The van der Waals surface area contributed by atoms with Crippen LogP contribution in [-0.2, 0) is 10.0 Å². The van der Waals surface area contributed by atoms with Crippen LogP contribution in [0.1, 0.15) is 35.2 Å². The predicted molar refractivity (Wildman–Crippen MR) is 92.3 cm³/mol. The number of methoxy groups -OCH3 is 1. The quantitative estimate of drug-likeness (QED) is 0.891. The molecule has 0 saturated heterocycles. The number of aryl methyl sites for hydroxylation is 3. The molecule has 24 heavy (non-hydrogen) atoms. The Hall–Kier alpha value is -1.92. The maximum absolute atomic E-state index is 13.8. The van der Waals surface area contributed by atoms with Crippen molar-refractivity contribution in [3.8, 4) is 5.75 Å². The lowest BCUT2D eigenvalue weighted by Gasteiger charge is -2.18. The van der Waals surface area contributed by atoms with Crippen molar-refractivity contribution in [1.82, 2.24) is 4.72 Å². The van der Waals surface area contributed by atoms with Crippen molar-refractivity contribution in [1.29, 1.82) is 0 Å². The van der Waals surface area contributed by atoms with Crippen molar-refractivity contribution >= 4 is 10.0 Å². The zero-order chi connectivity index (χ0) is 18.1. The summed E-state index contributed by atoms with van der Waals surface area (Å²) in [5.41, 5.74) is 4.16. The topological polar surface area (TPSA) is 55.4 Å². The summed E-state index contributed by atoms with van der Waals surface area (Å²) in [6.07, 6.45) is 0. The van der Waals surface area contributed by atoms with Gasteiger partial charge in [-0.3, -0.25) is 0 Å². The van der Waals surface area contributed by atoms with Gasteiger partial charge in [-0.15, -0.1) is 0 Å². The summed E-state index contributed by atoms with van der Waals surface area (Å²) in [6, 6.07) is 7.16. The lowest BCUT2D eigenvalue weighted by molar-refractivity contribution is 0.385. The van der Waals surface area contributed by atoms with Crippen molar-refractivity contribution in [3.05, 3.63) is 58.4 Å². The third-order valence-electron chi connectivity index (χ3n) is 4.11. The maximum Gasteiger partial charge on any atom is 0.241 e. The van der Waals surface area contributed by atoms with Crippen molar-refractivity contribution < 1.29 is 17.5 Å². The maximum atomic E-state index is 13.8. The molecule has 2 aromatic carbocycles. The number of sulfonamides is 1. The molecule has 1 N–H and O–H groups in total. The van der Waals surface area contributed by atoms with Crippen LogP contribution in [0.5, 0.6) is 5.75 Å². The first-order chi connectivity index (χ1) is 11.2. The van der Waals surface area contributed by atoms with E-state index < -0.39 is 21.9 Å². The minimum absolute atomic E-state index is 0.00648. The van der Waals surface area contributed by atoms with E-state index in [9.17, 15) is 12.8 Å². The van der Waals surface area contributed by atoms with Gasteiger partial charge in [0.15, 0.2) is 11.6 Å². The normalized spacial score (nSPS) is 12.9. The van der Waals surface area contributed by atoms with Crippen LogP contribution in [-0.4, -0.2) is 15.5 Å². The van der Waals surface area contributed by atoms with Gasteiger partial charge >= 0.3 is 0 Å². The Balaban J connectivity index is 2.32. The number of benzene rings is 2. The number of nitrogens with one attached hydrogen (secondary N) is 1. The number of rotatable bonds is 5. The monoisotopic (exact) mass is 351 g/mol. The fraction of sp³-hybridized carbons (Fsp3) is 0.333. The molecule has 2 aromatic rings. The standard InChI is InChI=1S/C18H22FNO3S/c1-11-8-13(3)16(9-12(11)2)14(4)20-24(21,22)15-6-7-18(23-5)17(19)10-15/h6-10,14,20H,1-5H3. The zero-order valence-corrected chi connectivity index (χ0v) is 15.3. The van der Waals surface area contributed by atoms with Crippen molar-refractivity contribution in [2.45, 2.75) is 38.6 Å². The molecule has 6 heteroatoms. The highest BCUT2D eigenvalue weighted by molar-refractivity contribution is 7.89. The average Bonchev–Trinajstić information content (AvgIpc) is 2.50. The van der Waals surface area contributed by atoms with Crippen molar-refractivity contribution in [2.24, 2.45) is 0 Å². The van der Waals surface area contributed by atoms with E-state index in [1.54, 1.807) is 6.92 Å². The Morgan fingerprint density at radius 2 is 1.67 bits per heavy atom. The fourth-order valence-corrected chi connectivity index (χ4v) is 3.86. The molecule has 0 fully saturated rings. The van der Waals surface area contributed by atoms with Gasteiger partial charge in [-0.05, 0) is 68.1 Å². The predicted octanol–water partition coefficient (Wildman–Crippen LogP) is 3.80. The molecule has 4 nitrogen and oxygen atoms in total. The summed E-state index contributed by atoms with van der Waals surface area (Å²) in [5.74, 6) is -0.706. The van der Waals surface area contributed by atoms with Gasteiger partial charge < -0.3 is 4.74 Å². The minimum Gasteiger partial charge on any atom is -0.494 e. The number of halogens is 1. The summed E-state index contributed by atoms with van der Waals surface area (Å²) < 4.78 is 46.2. The van der Waals surface area contributed by atoms with Crippen LogP contribution in [0.2, 0.25) is 0 Å². The second-order valence-electron chi connectivity index (χ2n) is 5.93. The summed E-state index contributed by atoms with van der Waals surface area (Å²) >= 11 is 0. The molecule has 130 valence electrons. The SMILES string of the molecule is COc1ccc(S(=O)(=O)NC(C)c2cc(C)c(C)cc2C)cc1F. The first kappa shape index (κ1) is 18.4. The minimum atomic E-state index is -3.84. The van der Waals surface area contributed by atoms with Crippen LogP contribution >= 0.6 is 0 Å². The van der Waals surface area contributed by atoms with E-state index in [-0.39, 0.29) is 10.6 Å². The second kappa shape index (κ2) is 6.91. The second-order valence-corrected chi connectivity index (χ2v) is 7.65. The third kappa shape index (κ3) is 3.76. The lowest BCUT2D eigenvalue weighted by Crippen LogP contribution is -2.27. The van der Waals surface area contributed by atoms with E-state index in [2.05, 4.69) is 4.72 Å². The summed E-state index contributed by atoms with van der Waals surface area (Å²) in [4.78, 5) is -0.130. The number of hydrogen-bond donors (Lipinski definition) is 1. The van der Waals surface area contributed by atoms with Crippen LogP contribution < -0.4 is 9.46 Å². The van der Waals surface area contributed by atoms with Crippen molar-refractivity contribution in [2.75, 3.05) is 7.11 Å². The molecular formula is C18H22FNO3S. The van der Waals surface area contributed by atoms with Gasteiger partial charge in [-0.2, -0.15) is 0 Å². The average molecular weight is 351 g/mol. The summed E-state index contributed by atoms with van der Waals surface area (Å²) in [6.45, 7) is 7.72. The van der Waals surface area contributed by atoms with E-state index in [0.717, 1.165) is 28.3 Å². The summed E-state index contributed by atoms with van der Waals surface area (Å²) in [5, 5.41) is 0. The van der Waals surface area contributed by atoms with E-state index in [0.29, 0.717) is 0 Å². The highest BCUT2D eigenvalue weighted by Crippen LogP contribution is 2.25. The number of ether oxygens (including phenoxy) is 1. The smallest absolute Gasteiger partial charge is 0.241 e. The molecule has 0 spiro atoms. The van der Waals surface area contributed by atoms with Gasteiger partial charge in [-0.1, -0.05) is 12.1 Å². The number of hydrogen-bond acceptors (Lipinski definition) is 3. The molecule has 1 unspecified atom stereocenters. The third-order valence-corrected chi connectivity index (χ3v) is 5.65. The van der Waals surface area contributed by atoms with E-state index in [4.69, 9.17) is 4.74 Å². The molecule has 0 heterocycles. The highest BCUT2D eigenvalue weighted by Gasteiger charge is 2.21.